The molecule has 0 aromatic carbocycles. The Bertz CT molecular complexity index is 334. The Morgan fingerprint density at radius 2 is 2.12 bits per heavy atom. The summed E-state index contributed by atoms with van der Waals surface area (Å²) >= 11 is 5.85. The molecule has 1 atom stereocenters. The summed E-state index contributed by atoms with van der Waals surface area (Å²) in [5.41, 5.74) is 0. The highest BCUT2D eigenvalue weighted by Gasteiger charge is 2.07. The Morgan fingerprint density at radius 3 is 2.75 bits per heavy atom. The number of hydrogen-bond acceptors (Lipinski definition) is 4. The fourth-order valence-corrected chi connectivity index (χ4v) is 1.38. The van der Waals surface area contributed by atoms with Crippen LogP contribution in [0.2, 0.25) is 5.15 Å². The average Bonchev–Trinajstić information content (AvgIpc) is 2.25. The minimum absolute atomic E-state index is 0.0457. The van der Waals surface area contributed by atoms with Crippen molar-refractivity contribution in [3.05, 3.63) is 17.0 Å². The Hall–Kier alpha value is -0.870. The number of rotatable bonds is 6. The van der Waals surface area contributed by atoms with Crippen molar-refractivity contribution in [2.75, 3.05) is 13.2 Å². The Morgan fingerprint density at radius 1 is 1.38 bits per heavy atom. The zero-order chi connectivity index (χ0) is 12.0. The fraction of sp³-hybridized carbons (Fsp3) is 0.636. The number of hydrogen-bond donors (Lipinski definition) is 0. The van der Waals surface area contributed by atoms with Crippen LogP contribution in [0.3, 0.4) is 0 Å². The molecule has 1 heterocycles. The molecule has 4 nitrogen and oxygen atoms in total. The van der Waals surface area contributed by atoms with E-state index in [9.17, 15) is 0 Å². The maximum Gasteiger partial charge on any atom is 0.218 e. The molecule has 5 heteroatoms. The van der Waals surface area contributed by atoms with Crippen molar-refractivity contribution < 1.29 is 9.47 Å². The van der Waals surface area contributed by atoms with Gasteiger partial charge in [0.05, 0.1) is 6.61 Å². The highest BCUT2D eigenvalue weighted by Crippen LogP contribution is 2.15. The number of ether oxygens (including phenoxy) is 2. The molecular weight excluding hydrogens is 228 g/mol. The van der Waals surface area contributed by atoms with E-state index in [1.165, 1.54) is 0 Å². The molecule has 0 aliphatic carbocycles. The molecule has 0 amide bonds. The maximum absolute atomic E-state index is 5.85. The fourth-order valence-electron chi connectivity index (χ4n) is 1.18. The predicted octanol–water partition coefficient (Wildman–Crippen LogP) is 2.50. The van der Waals surface area contributed by atoms with Gasteiger partial charge >= 0.3 is 0 Å². The van der Waals surface area contributed by atoms with Crippen LogP contribution in [0.15, 0.2) is 6.07 Å². The molecule has 0 aliphatic rings. The van der Waals surface area contributed by atoms with Crippen LogP contribution in [0.4, 0.5) is 0 Å². The van der Waals surface area contributed by atoms with Crippen LogP contribution in [0, 0.1) is 0 Å². The van der Waals surface area contributed by atoms with Crippen LogP contribution in [0.25, 0.3) is 0 Å². The molecular formula is C11H17ClN2O2. The lowest BCUT2D eigenvalue weighted by molar-refractivity contribution is 0.0631. The van der Waals surface area contributed by atoms with E-state index in [1.54, 1.807) is 6.07 Å². The Labute approximate surface area is 101 Å². The summed E-state index contributed by atoms with van der Waals surface area (Å²) in [5, 5.41) is 0.408. The third kappa shape index (κ3) is 4.33. The third-order valence-electron chi connectivity index (χ3n) is 1.91. The van der Waals surface area contributed by atoms with Crippen molar-refractivity contribution in [1.82, 2.24) is 9.97 Å². The first-order valence-corrected chi connectivity index (χ1v) is 5.81. The van der Waals surface area contributed by atoms with Crippen molar-refractivity contribution in [2.24, 2.45) is 0 Å². The summed E-state index contributed by atoms with van der Waals surface area (Å²) < 4.78 is 10.8. The topological polar surface area (TPSA) is 44.2 Å². The van der Waals surface area contributed by atoms with Gasteiger partial charge in [0.15, 0.2) is 0 Å². The lowest BCUT2D eigenvalue weighted by Gasteiger charge is -2.14. The highest BCUT2D eigenvalue weighted by atomic mass is 35.5. The van der Waals surface area contributed by atoms with Crippen molar-refractivity contribution in [2.45, 2.75) is 33.3 Å². The van der Waals surface area contributed by atoms with Gasteiger partial charge < -0.3 is 9.47 Å². The van der Waals surface area contributed by atoms with E-state index in [1.807, 2.05) is 20.8 Å². The van der Waals surface area contributed by atoms with Crippen LogP contribution >= 0.6 is 11.6 Å². The molecule has 0 fully saturated rings. The monoisotopic (exact) mass is 244 g/mol. The number of aryl methyl sites for hydroxylation is 1. The molecule has 1 aromatic heterocycles. The number of aromatic nitrogens is 2. The van der Waals surface area contributed by atoms with Crippen LogP contribution in [0.5, 0.6) is 5.88 Å². The molecule has 90 valence electrons. The molecule has 1 unspecified atom stereocenters. The molecule has 0 spiro atoms. The van der Waals surface area contributed by atoms with Crippen LogP contribution < -0.4 is 4.74 Å². The number of nitrogens with zero attached hydrogens (tertiary/aromatic N) is 2. The van der Waals surface area contributed by atoms with Crippen LogP contribution in [-0.2, 0) is 11.2 Å². The lowest BCUT2D eigenvalue weighted by Crippen LogP contribution is -2.20. The van der Waals surface area contributed by atoms with E-state index in [4.69, 9.17) is 21.1 Å². The largest absolute Gasteiger partial charge is 0.472 e. The normalized spacial score (nSPS) is 12.5. The van der Waals surface area contributed by atoms with E-state index in [0.29, 0.717) is 30.1 Å². The van der Waals surface area contributed by atoms with Gasteiger partial charge in [0.2, 0.25) is 5.88 Å². The van der Waals surface area contributed by atoms with Gasteiger partial charge in [0.25, 0.3) is 0 Å². The van der Waals surface area contributed by atoms with E-state index in [-0.39, 0.29) is 6.10 Å². The molecule has 0 bridgehead atoms. The molecule has 0 saturated carbocycles. The van der Waals surface area contributed by atoms with E-state index in [2.05, 4.69) is 9.97 Å². The summed E-state index contributed by atoms with van der Waals surface area (Å²) in [6.07, 6.45) is 0.687. The molecule has 1 rings (SSSR count). The van der Waals surface area contributed by atoms with Gasteiger partial charge in [-0.25, -0.2) is 4.98 Å². The highest BCUT2D eigenvalue weighted by molar-refractivity contribution is 6.29. The SMILES string of the molecule is CCOCC(C)Oc1cc(Cl)nc(CC)n1. The average molecular weight is 245 g/mol. The molecule has 16 heavy (non-hydrogen) atoms. The second-order valence-electron chi connectivity index (χ2n) is 3.39. The van der Waals surface area contributed by atoms with Gasteiger partial charge in [0, 0.05) is 19.1 Å². The minimum Gasteiger partial charge on any atom is -0.472 e. The van der Waals surface area contributed by atoms with E-state index >= 15 is 0 Å². The first kappa shape index (κ1) is 13.2. The van der Waals surface area contributed by atoms with Crippen molar-refractivity contribution in [3.63, 3.8) is 0 Å². The zero-order valence-corrected chi connectivity index (χ0v) is 10.6. The van der Waals surface area contributed by atoms with E-state index < -0.39 is 0 Å². The molecule has 0 saturated heterocycles. The summed E-state index contributed by atoms with van der Waals surface area (Å²) in [6.45, 7) is 7.07. The summed E-state index contributed by atoms with van der Waals surface area (Å²) in [5.74, 6) is 1.19. The second-order valence-corrected chi connectivity index (χ2v) is 3.77. The van der Waals surface area contributed by atoms with Crippen LogP contribution in [-0.4, -0.2) is 29.3 Å². The molecule has 0 N–H and O–H groups in total. The van der Waals surface area contributed by atoms with Gasteiger partial charge in [-0.05, 0) is 13.8 Å². The first-order valence-electron chi connectivity index (χ1n) is 5.43. The van der Waals surface area contributed by atoms with Crippen molar-refractivity contribution in [1.29, 1.82) is 0 Å². The first-order chi connectivity index (χ1) is 7.65. The van der Waals surface area contributed by atoms with Gasteiger partial charge in [-0.15, -0.1) is 0 Å². The molecule has 0 radical (unpaired) electrons. The summed E-state index contributed by atoms with van der Waals surface area (Å²) in [7, 11) is 0. The molecule has 1 aromatic rings. The quantitative estimate of drug-likeness (QED) is 0.722. The van der Waals surface area contributed by atoms with Crippen LogP contribution in [0.1, 0.15) is 26.6 Å². The minimum atomic E-state index is -0.0457. The number of halogens is 1. The van der Waals surface area contributed by atoms with Gasteiger partial charge in [-0.1, -0.05) is 18.5 Å². The zero-order valence-electron chi connectivity index (χ0n) is 9.86. The third-order valence-corrected chi connectivity index (χ3v) is 2.11. The van der Waals surface area contributed by atoms with Crippen molar-refractivity contribution in [3.8, 4) is 5.88 Å². The summed E-state index contributed by atoms with van der Waals surface area (Å²) in [6, 6.07) is 1.61. The van der Waals surface area contributed by atoms with Crippen molar-refractivity contribution >= 4 is 11.6 Å². The predicted molar refractivity (Wildman–Crippen MR) is 63.0 cm³/mol. The lowest BCUT2D eigenvalue weighted by atomic mass is 10.4. The Balaban J connectivity index is 2.61. The molecule has 0 aliphatic heterocycles. The smallest absolute Gasteiger partial charge is 0.218 e. The Kier molecular flexibility index (Phi) is 5.49. The van der Waals surface area contributed by atoms with Gasteiger partial charge in [0.1, 0.15) is 17.1 Å². The van der Waals surface area contributed by atoms with Gasteiger partial charge in [-0.3, -0.25) is 0 Å². The second kappa shape index (κ2) is 6.66. The summed E-state index contributed by atoms with van der Waals surface area (Å²) in [4.78, 5) is 8.29. The standard InChI is InChI=1S/C11H17ClN2O2/c1-4-10-13-9(12)6-11(14-10)16-8(3)7-15-5-2/h6,8H,4-5,7H2,1-3H3. The van der Waals surface area contributed by atoms with E-state index in [0.717, 1.165) is 6.42 Å². The van der Waals surface area contributed by atoms with Gasteiger partial charge in [-0.2, -0.15) is 4.98 Å². The maximum atomic E-state index is 5.85.